The van der Waals surface area contributed by atoms with E-state index in [1.807, 2.05) is 6.92 Å². The average molecular weight is 158 g/mol. The molecular weight excluding hydrogens is 140 g/mol. The molecule has 3 unspecified atom stereocenters. The second-order valence-electron chi connectivity index (χ2n) is 2.96. The van der Waals surface area contributed by atoms with Gasteiger partial charge in [0.2, 0.25) is 0 Å². The maximum absolute atomic E-state index is 9.45. The van der Waals surface area contributed by atoms with Crippen molar-refractivity contribution in [1.29, 1.82) is 0 Å². The first-order valence-electron chi connectivity index (χ1n) is 4.10. The quantitative estimate of drug-likeness (QED) is 0.593. The van der Waals surface area contributed by atoms with Crippen molar-refractivity contribution in [1.82, 2.24) is 0 Å². The van der Waals surface area contributed by atoms with Gasteiger partial charge in [0, 0.05) is 5.92 Å². The highest BCUT2D eigenvalue weighted by Crippen LogP contribution is 2.14. The second kappa shape index (κ2) is 5.33. The van der Waals surface area contributed by atoms with Crippen LogP contribution in [0.4, 0.5) is 0 Å². The van der Waals surface area contributed by atoms with Crippen LogP contribution < -0.4 is 0 Å². The van der Waals surface area contributed by atoms with E-state index < -0.39 is 12.2 Å². The lowest BCUT2D eigenvalue weighted by molar-refractivity contribution is 0.0633. The zero-order valence-electron chi connectivity index (χ0n) is 7.33. The van der Waals surface area contributed by atoms with Gasteiger partial charge in [-0.25, -0.2) is 0 Å². The van der Waals surface area contributed by atoms with E-state index in [2.05, 4.69) is 6.58 Å². The Morgan fingerprint density at radius 3 is 2.27 bits per heavy atom. The third kappa shape index (κ3) is 4.17. The molecule has 0 aromatic rings. The Bertz CT molecular complexity index is 110. The fourth-order valence-corrected chi connectivity index (χ4v) is 1.12. The minimum Gasteiger partial charge on any atom is -0.393 e. The molecule has 0 fully saturated rings. The SMILES string of the molecule is C=CC(CC)C(O)CC(C)O. The number of hydrogen-bond acceptors (Lipinski definition) is 2. The number of hydrogen-bond donors (Lipinski definition) is 2. The first-order valence-corrected chi connectivity index (χ1v) is 4.10. The molecule has 0 bridgehead atoms. The van der Waals surface area contributed by atoms with Crippen LogP contribution in [0.25, 0.3) is 0 Å². The molecule has 0 spiro atoms. The summed E-state index contributed by atoms with van der Waals surface area (Å²) in [4.78, 5) is 0. The highest BCUT2D eigenvalue weighted by atomic mass is 16.3. The van der Waals surface area contributed by atoms with Gasteiger partial charge in [0.25, 0.3) is 0 Å². The van der Waals surface area contributed by atoms with E-state index in [1.165, 1.54) is 0 Å². The zero-order valence-corrected chi connectivity index (χ0v) is 7.33. The standard InChI is InChI=1S/C9H18O2/c1-4-8(5-2)9(11)6-7(3)10/h4,7-11H,1,5-6H2,2-3H3. The lowest BCUT2D eigenvalue weighted by Crippen LogP contribution is -2.22. The first-order chi connectivity index (χ1) is 5.11. The van der Waals surface area contributed by atoms with Crippen LogP contribution in [0.1, 0.15) is 26.7 Å². The molecule has 0 aromatic heterocycles. The summed E-state index contributed by atoms with van der Waals surface area (Å²) in [5.41, 5.74) is 0. The second-order valence-corrected chi connectivity index (χ2v) is 2.96. The van der Waals surface area contributed by atoms with Gasteiger partial charge in [-0.2, -0.15) is 0 Å². The summed E-state index contributed by atoms with van der Waals surface area (Å²) in [6.45, 7) is 7.30. The Hall–Kier alpha value is -0.340. The third-order valence-electron chi connectivity index (χ3n) is 1.85. The van der Waals surface area contributed by atoms with Gasteiger partial charge in [-0.05, 0) is 19.8 Å². The van der Waals surface area contributed by atoms with Crippen LogP contribution in [-0.2, 0) is 0 Å². The molecule has 0 saturated heterocycles. The molecule has 0 radical (unpaired) electrons. The van der Waals surface area contributed by atoms with Gasteiger partial charge in [0.05, 0.1) is 12.2 Å². The van der Waals surface area contributed by atoms with Crippen LogP contribution in [0.2, 0.25) is 0 Å². The van der Waals surface area contributed by atoms with Crippen molar-refractivity contribution in [2.24, 2.45) is 5.92 Å². The van der Waals surface area contributed by atoms with E-state index in [1.54, 1.807) is 13.0 Å². The first kappa shape index (κ1) is 10.7. The molecule has 0 heterocycles. The summed E-state index contributed by atoms with van der Waals surface area (Å²) in [6, 6.07) is 0. The van der Waals surface area contributed by atoms with E-state index in [0.717, 1.165) is 6.42 Å². The van der Waals surface area contributed by atoms with Crippen molar-refractivity contribution < 1.29 is 10.2 Å². The zero-order chi connectivity index (χ0) is 8.85. The number of rotatable bonds is 5. The van der Waals surface area contributed by atoms with Crippen LogP contribution in [0.5, 0.6) is 0 Å². The van der Waals surface area contributed by atoms with Crippen molar-refractivity contribution >= 4 is 0 Å². The highest BCUT2D eigenvalue weighted by molar-refractivity contribution is 4.84. The lowest BCUT2D eigenvalue weighted by atomic mass is 9.95. The molecule has 11 heavy (non-hydrogen) atoms. The van der Waals surface area contributed by atoms with Crippen molar-refractivity contribution in [2.75, 3.05) is 0 Å². The topological polar surface area (TPSA) is 40.5 Å². The molecule has 0 aliphatic heterocycles. The summed E-state index contributed by atoms with van der Waals surface area (Å²) in [6.07, 6.45) is 2.17. The van der Waals surface area contributed by atoms with Crippen LogP contribution >= 0.6 is 0 Å². The van der Waals surface area contributed by atoms with E-state index in [4.69, 9.17) is 5.11 Å². The minimum atomic E-state index is -0.447. The molecule has 0 amide bonds. The molecule has 0 saturated carbocycles. The molecule has 66 valence electrons. The molecule has 2 heteroatoms. The van der Waals surface area contributed by atoms with Crippen LogP contribution in [0.3, 0.4) is 0 Å². The normalized spacial score (nSPS) is 18.9. The summed E-state index contributed by atoms with van der Waals surface area (Å²) in [5.74, 6) is 0.115. The smallest absolute Gasteiger partial charge is 0.0627 e. The van der Waals surface area contributed by atoms with Crippen molar-refractivity contribution in [3.8, 4) is 0 Å². The molecule has 2 N–H and O–H groups in total. The highest BCUT2D eigenvalue weighted by Gasteiger charge is 2.15. The fourth-order valence-electron chi connectivity index (χ4n) is 1.12. The molecular formula is C9H18O2. The Labute approximate surface area is 68.6 Å². The maximum atomic E-state index is 9.45. The van der Waals surface area contributed by atoms with Gasteiger partial charge >= 0.3 is 0 Å². The molecule has 0 aliphatic rings. The van der Waals surface area contributed by atoms with Gasteiger partial charge in [-0.15, -0.1) is 6.58 Å². The third-order valence-corrected chi connectivity index (χ3v) is 1.85. The molecule has 2 nitrogen and oxygen atoms in total. The van der Waals surface area contributed by atoms with Crippen molar-refractivity contribution in [3.63, 3.8) is 0 Å². The molecule has 0 rings (SSSR count). The van der Waals surface area contributed by atoms with Crippen LogP contribution in [-0.4, -0.2) is 22.4 Å². The van der Waals surface area contributed by atoms with Gasteiger partial charge in [0.1, 0.15) is 0 Å². The Morgan fingerprint density at radius 2 is 2.00 bits per heavy atom. The molecule has 0 aliphatic carbocycles. The Kier molecular flexibility index (Phi) is 5.16. The monoisotopic (exact) mass is 158 g/mol. The summed E-state index contributed by atoms with van der Waals surface area (Å²) >= 11 is 0. The lowest BCUT2D eigenvalue weighted by Gasteiger charge is -2.18. The Balaban J connectivity index is 3.78. The maximum Gasteiger partial charge on any atom is 0.0627 e. The number of aliphatic hydroxyl groups excluding tert-OH is 2. The number of aliphatic hydroxyl groups is 2. The molecule has 3 atom stereocenters. The minimum absolute atomic E-state index is 0.115. The predicted octanol–water partition coefficient (Wildman–Crippen LogP) is 1.33. The van der Waals surface area contributed by atoms with Crippen molar-refractivity contribution in [2.45, 2.75) is 38.9 Å². The van der Waals surface area contributed by atoms with Gasteiger partial charge in [-0.1, -0.05) is 13.0 Å². The summed E-state index contributed by atoms with van der Waals surface area (Å²) in [7, 11) is 0. The fraction of sp³-hybridized carbons (Fsp3) is 0.778. The van der Waals surface area contributed by atoms with E-state index in [0.29, 0.717) is 6.42 Å². The van der Waals surface area contributed by atoms with E-state index >= 15 is 0 Å². The largest absolute Gasteiger partial charge is 0.393 e. The van der Waals surface area contributed by atoms with E-state index in [9.17, 15) is 5.11 Å². The average Bonchev–Trinajstić information content (AvgIpc) is 1.88. The predicted molar refractivity (Wildman–Crippen MR) is 46.3 cm³/mol. The van der Waals surface area contributed by atoms with Gasteiger partial charge in [0.15, 0.2) is 0 Å². The van der Waals surface area contributed by atoms with Crippen LogP contribution in [0.15, 0.2) is 12.7 Å². The van der Waals surface area contributed by atoms with Gasteiger partial charge < -0.3 is 10.2 Å². The van der Waals surface area contributed by atoms with Crippen LogP contribution in [0, 0.1) is 5.92 Å². The summed E-state index contributed by atoms with van der Waals surface area (Å²) < 4.78 is 0. The Morgan fingerprint density at radius 1 is 1.45 bits per heavy atom. The molecule has 0 aromatic carbocycles. The van der Waals surface area contributed by atoms with Gasteiger partial charge in [-0.3, -0.25) is 0 Å². The van der Waals surface area contributed by atoms with Crippen molar-refractivity contribution in [3.05, 3.63) is 12.7 Å². The van der Waals surface area contributed by atoms with E-state index in [-0.39, 0.29) is 5.92 Å². The summed E-state index contributed by atoms with van der Waals surface area (Å²) in [5, 5.41) is 18.4.